The van der Waals surface area contributed by atoms with Crippen molar-refractivity contribution in [3.63, 3.8) is 0 Å². The van der Waals surface area contributed by atoms with Gasteiger partial charge in [-0.15, -0.1) is 0 Å². The molecule has 0 fully saturated rings. The number of nitrogens with two attached hydrogens (primary N) is 1. The fourth-order valence-corrected chi connectivity index (χ4v) is 2.54. The Hall–Kier alpha value is -2.68. The van der Waals surface area contributed by atoms with Gasteiger partial charge in [-0.3, -0.25) is 0 Å². The van der Waals surface area contributed by atoms with E-state index in [4.69, 9.17) is 5.73 Å². The zero-order valence-electron chi connectivity index (χ0n) is 10.9. The van der Waals surface area contributed by atoms with E-state index in [1.165, 1.54) is 31.4 Å². The third-order valence-corrected chi connectivity index (χ3v) is 3.64. The summed E-state index contributed by atoms with van der Waals surface area (Å²) < 4.78 is 4.68. The third kappa shape index (κ3) is 2.50. The number of carbonyl (C=O) groups excluding carboxylic acids is 1. The molecule has 0 saturated heterocycles. The van der Waals surface area contributed by atoms with Gasteiger partial charge < -0.3 is 15.5 Å². The van der Waals surface area contributed by atoms with Gasteiger partial charge in [0, 0.05) is 0 Å². The molecule has 3 aromatic heterocycles. The molecular formula is C12H10N6O2S. The predicted molar refractivity (Wildman–Crippen MR) is 75.8 cm³/mol. The average molecular weight is 302 g/mol. The van der Waals surface area contributed by atoms with Crippen molar-refractivity contribution in [3.8, 4) is 0 Å². The van der Waals surface area contributed by atoms with Crippen LogP contribution in [0.25, 0.3) is 11.2 Å². The topological polar surface area (TPSA) is 120 Å². The molecule has 8 nitrogen and oxygen atoms in total. The Morgan fingerprint density at radius 2 is 2.19 bits per heavy atom. The molecule has 106 valence electrons. The Morgan fingerprint density at radius 1 is 1.33 bits per heavy atom. The highest BCUT2D eigenvalue weighted by atomic mass is 32.2. The molecule has 3 aromatic rings. The summed E-state index contributed by atoms with van der Waals surface area (Å²) in [6.07, 6.45) is 4.38. The first-order valence-corrected chi connectivity index (χ1v) is 6.66. The number of carbonyl (C=O) groups is 1. The number of rotatable bonds is 3. The number of nitrogen functional groups attached to an aromatic ring is 1. The largest absolute Gasteiger partial charge is 0.465 e. The number of ether oxygens (including phenoxy) is 1. The van der Waals surface area contributed by atoms with Crippen LogP contribution in [0.15, 0.2) is 35.0 Å². The van der Waals surface area contributed by atoms with Crippen molar-refractivity contribution in [1.82, 2.24) is 24.9 Å². The van der Waals surface area contributed by atoms with Crippen LogP contribution >= 0.6 is 11.8 Å². The Morgan fingerprint density at radius 3 is 3.00 bits per heavy atom. The minimum Gasteiger partial charge on any atom is -0.465 e. The van der Waals surface area contributed by atoms with Crippen LogP contribution in [0, 0.1) is 0 Å². The van der Waals surface area contributed by atoms with E-state index in [1.54, 1.807) is 12.4 Å². The summed E-state index contributed by atoms with van der Waals surface area (Å²) in [6.45, 7) is 0. The van der Waals surface area contributed by atoms with Crippen molar-refractivity contribution in [2.45, 2.75) is 10.1 Å². The molecule has 0 radical (unpaired) electrons. The zero-order valence-corrected chi connectivity index (χ0v) is 11.7. The minimum absolute atomic E-state index is 0.264. The summed E-state index contributed by atoms with van der Waals surface area (Å²) >= 11 is 1.28. The Balaban J connectivity index is 1.98. The van der Waals surface area contributed by atoms with Crippen LogP contribution in [-0.4, -0.2) is 38.0 Å². The highest BCUT2D eigenvalue weighted by molar-refractivity contribution is 7.99. The van der Waals surface area contributed by atoms with Gasteiger partial charge in [0.15, 0.2) is 5.65 Å². The highest BCUT2D eigenvalue weighted by Crippen LogP contribution is 2.29. The third-order valence-electron chi connectivity index (χ3n) is 2.70. The zero-order chi connectivity index (χ0) is 14.8. The van der Waals surface area contributed by atoms with Gasteiger partial charge in [0.2, 0.25) is 0 Å². The molecule has 0 atom stereocenters. The fraction of sp³-hybridized carbons (Fsp3) is 0.0833. The molecule has 0 amide bonds. The molecule has 3 rings (SSSR count). The van der Waals surface area contributed by atoms with Crippen molar-refractivity contribution in [2.75, 3.05) is 12.8 Å². The number of aromatic nitrogens is 5. The maximum absolute atomic E-state index is 11.6. The second-order valence-corrected chi connectivity index (χ2v) is 4.99. The predicted octanol–water partition coefficient (Wildman–Crippen LogP) is 1.27. The van der Waals surface area contributed by atoms with Crippen LogP contribution < -0.4 is 5.73 Å². The van der Waals surface area contributed by atoms with E-state index in [0.717, 1.165) is 0 Å². The molecule has 0 unspecified atom stereocenters. The Bertz CT molecular complexity index is 818. The number of anilines is 1. The monoisotopic (exact) mass is 302 g/mol. The van der Waals surface area contributed by atoms with Gasteiger partial charge in [-0.1, -0.05) is 0 Å². The maximum atomic E-state index is 11.6. The molecule has 0 aromatic carbocycles. The lowest BCUT2D eigenvalue weighted by molar-refractivity contribution is 0.0601. The van der Waals surface area contributed by atoms with Gasteiger partial charge in [-0.25, -0.2) is 24.7 Å². The SMILES string of the molecule is COC(=O)c1cc(Sc2ncnc3nc[nH]c23)ncc1N. The average Bonchev–Trinajstić information content (AvgIpc) is 2.98. The van der Waals surface area contributed by atoms with E-state index in [2.05, 4.69) is 29.7 Å². The number of nitrogens with zero attached hydrogens (tertiary/aromatic N) is 4. The summed E-state index contributed by atoms with van der Waals surface area (Å²) in [4.78, 5) is 31.1. The van der Waals surface area contributed by atoms with Gasteiger partial charge >= 0.3 is 5.97 Å². The number of fused-ring (bicyclic) bond motifs is 1. The molecule has 0 spiro atoms. The number of H-pyrrole nitrogens is 1. The summed E-state index contributed by atoms with van der Waals surface area (Å²) in [5.74, 6) is -0.508. The van der Waals surface area contributed by atoms with Crippen LogP contribution in [0.4, 0.5) is 5.69 Å². The van der Waals surface area contributed by atoms with Crippen LogP contribution in [0.5, 0.6) is 0 Å². The highest BCUT2D eigenvalue weighted by Gasteiger charge is 2.14. The second kappa shape index (κ2) is 5.37. The van der Waals surface area contributed by atoms with Crippen LogP contribution in [0.3, 0.4) is 0 Å². The first kappa shape index (κ1) is 13.3. The Kier molecular flexibility index (Phi) is 3.40. The van der Waals surface area contributed by atoms with Crippen LogP contribution in [0.2, 0.25) is 0 Å². The normalized spacial score (nSPS) is 10.7. The lowest BCUT2D eigenvalue weighted by Gasteiger charge is -2.06. The first-order valence-electron chi connectivity index (χ1n) is 5.85. The van der Waals surface area contributed by atoms with E-state index < -0.39 is 5.97 Å². The van der Waals surface area contributed by atoms with E-state index in [9.17, 15) is 4.79 Å². The van der Waals surface area contributed by atoms with E-state index in [-0.39, 0.29) is 11.3 Å². The smallest absolute Gasteiger partial charge is 0.340 e. The van der Waals surface area contributed by atoms with Crippen molar-refractivity contribution >= 4 is 34.6 Å². The van der Waals surface area contributed by atoms with Crippen molar-refractivity contribution in [3.05, 3.63) is 30.5 Å². The number of hydrogen-bond acceptors (Lipinski definition) is 8. The number of nitrogens with one attached hydrogen (secondary N) is 1. The number of hydrogen-bond donors (Lipinski definition) is 2. The molecular weight excluding hydrogens is 292 g/mol. The van der Waals surface area contributed by atoms with Gasteiger partial charge in [0.1, 0.15) is 21.9 Å². The second-order valence-electron chi connectivity index (χ2n) is 3.98. The van der Waals surface area contributed by atoms with Crippen molar-refractivity contribution < 1.29 is 9.53 Å². The molecule has 0 bridgehead atoms. The van der Waals surface area contributed by atoms with Crippen molar-refractivity contribution in [1.29, 1.82) is 0 Å². The van der Waals surface area contributed by atoms with Gasteiger partial charge in [0.05, 0.1) is 30.9 Å². The van der Waals surface area contributed by atoms with Crippen LogP contribution in [0.1, 0.15) is 10.4 Å². The maximum Gasteiger partial charge on any atom is 0.340 e. The first-order chi connectivity index (χ1) is 10.2. The molecule has 0 saturated carbocycles. The summed E-state index contributed by atoms with van der Waals surface area (Å²) in [5.41, 5.74) is 7.53. The van der Waals surface area contributed by atoms with E-state index in [0.29, 0.717) is 21.2 Å². The number of methoxy groups -OCH3 is 1. The molecule has 3 heterocycles. The van der Waals surface area contributed by atoms with Gasteiger partial charge in [-0.05, 0) is 17.8 Å². The van der Waals surface area contributed by atoms with E-state index >= 15 is 0 Å². The van der Waals surface area contributed by atoms with Crippen LogP contribution in [-0.2, 0) is 4.74 Å². The van der Waals surface area contributed by atoms with Gasteiger partial charge in [0.25, 0.3) is 0 Å². The van der Waals surface area contributed by atoms with Gasteiger partial charge in [-0.2, -0.15) is 0 Å². The minimum atomic E-state index is -0.508. The standard InChI is InChI=1S/C12H10N6O2S/c1-20-12(19)6-2-8(14-3-7(6)13)21-11-9-10(16-4-15-9)17-5-18-11/h2-5H,13H2,1H3,(H,15,16,17,18). The summed E-state index contributed by atoms with van der Waals surface area (Å²) in [6, 6.07) is 1.57. The molecule has 21 heavy (non-hydrogen) atoms. The number of aromatic amines is 1. The molecule has 0 aliphatic rings. The molecule has 3 N–H and O–H groups in total. The molecule has 0 aliphatic carbocycles. The quantitative estimate of drug-likeness (QED) is 0.548. The summed E-state index contributed by atoms with van der Waals surface area (Å²) in [7, 11) is 1.30. The molecule has 0 aliphatic heterocycles. The lowest BCUT2D eigenvalue weighted by Crippen LogP contribution is -2.06. The van der Waals surface area contributed by atoms with Crippen molar-refractivity contribution in [2.24, 2.45) is 0 Å². The summed E-state index contributed by atoms with van der Waals surface area (Å²) in [5, 5.41) is 1.23. The molecule has 9 heteroatoms. The number of esters is 1. The number of imidazole rings is 1. The fourth-order valence-electron chi connectivity index (χ4n) is 1.71. The number of pyridine rings is 1. The lowest BCUT2D eigenvalue weighted by atomic mass is 10.2. The Labute approximate surface area is 123 Å². The van der Waals surface area contributed by atoms with E-state index in [1.807, 2.05) is 0 Å².